The molecule has 1 N–H and O–H groups in total. The Balaban J connectivity index is 1.88. The molecule has 3 heteroatoms. The lowest BCUT2D eigenvalue weighted by Gasteiger charge is -2.45. The van der Waals surface area contributed by atoms with Crippen molar-refractivity contribution in [3.8, 4) is 0 Å². The second-order valence-electron chi connectivity index (χ2n) is 9.01. The van der Waals surface area contributed by atoms with Gasteiger partial charge in [-0.3, -0.25) is 4.79 Å². The number of carbonyl (C=O) groups excluding carboxylic acids is 1. The number of esters is 1. The molecule has 0 heterocycles. The van der Waals surface area contributed by atoms with Crippen LogP contribution in [0.5, 0.6) is 0 Å². The van der Waals surface area contributed by atoms with E-state index in [1.807, 2.05) is 0 Å². The molecular weight excluding hydrogens is 312 g/mol. The normalized spacial score (nSPS) is 34.6. The summed E-state index contributed by atoms with van der Waals surface area (Å²) >= 11 is 0. The minimum Gasteiger partial charge on any atom is -0.466 e. The van der Waals surface area contributed by atoms with Gasteiger partial charge in [-0.1, -0.05) is 39.7 Å². The first kappa shape index (κ1) is 20.5. The van der Waals surface area contributed by atoms with Gasteiger partial charge in [-0.2, -0.15) is 0 Å². The molecule has 25 heavy (non-hydrogen) atoms. The molecule has 0 aromatic heterocycles. The van der Waals surface area contributed by atoms with Crippen LogP contribution >= 0.6 is 0 Å². The second kappa shape index (κ2) is 8.70. The maximum Gasteiger partial charge on any atom is 0.302 e. The Kier molecular flexibility index (Phi) is 7.13. The van der Waals surface area contributed by atoms with Gasteiger partial charge in [0.1, 0.15) is 0 Å². The molecule has 1 saturated carbocycles. The third-order valence-electron chi connectivity index (χ3n) is 7.15. The van der Waals surface area contributed by atoms with E-state index in [0.717, 1.165) is 30.8 Å². The number of aliphatic hydroxyl groups excluding tert-OH is 1. The summed E-state index contributed by atoms with van der Waals surface area (Å²) < 4.78 is 5.11. The lowest BCUT2D eigenvalue weighted by atomic mass is 9.60. The highest BCUT2D eigenvalue weighted by molar-refractivity contribution is 5.65. The topological polar surface area (TPSA) is 46.5 Å². The molecule has 0 unspecified atom stereocenters. The van der Waals surface area contributed by atoms with Gasteiger partial charge < -0.3 is 9.84 Å². The highest BCUT2D eigenvalue weighted by atomic mass is 16.5. The van der Waals surface area contributed by atoms with Crippen LogP contribution in [0.25, 0.3) is 0 Å². The lowest BCUT2D eigenvalue weighted by molar-refractivity contribution is -0.142. The number of ether oxygens (including phenoxy) is 1. The molecule has 0 radical (unpaired) electrons. The summed E-state index contributed by atoms with van der Waals surface area (Å²) in [6, 6.07) is 0. The average Bonchev–Trinajstić information content (AvgIpc) is 2.86. The first-order valence-electron chi connectivity index (χ1n) is 10.2. The third-order valence-corrected chi connectivity index (χ3v) is 7.15. The zero-order chi connectivity index (χ0) is 18.6. The van der Waals surface area contributed by atoms with Crippen LogP contribution in [0, 0.1) is 29.1 Å². The van der Waals surface area contributed by atoms with Gasteiger partial charge in [0.05, 0.1) is 12.7 Å². The van der Waals surface area contributed by atoms with Crippen molar-refractivity contribution in [3.05, 3.63) is 11.6 Å². The van der Waals surface area contributed by atoms with Crippen molar-refractivity contribution in [1.29, 1.82) is 0 Å². The van der Waals surface area contributed by atoms with Crippen LogP contribution in [0.15, 0.2) is 11.6 Å². The molecule has 0 amide bonds. The van der Waals surface area contributed by atoms with E-state index in [2.05, 4.69) is 33.8 Å². The van der Waals surface area contributed by atoms with Gasteiger partial charge in [0, 0.05) is 6.92 Å². The fraction of sp³-hybridized carbons (Fsp3) is 0.864. The standard InChI is InChI=1S/C22H38O3/c1-15(14-25-19(5)23)7-6-8-16(2)20-10-9-18(4)22(20)12-11-17(3)21(24)13-22/h11,15-16,18,20-21,24H,6-10,12-14H2,1-5H3/t15-,16+,18-,20+,21-,22-/m0/s1. The van der Waals surface area contributed by atoms with Gasteiger partial charge in [-0.15, -0.1) is 0 Å². The SMILES string of the molecule is CC(=O)OC[C@@H](C)CCC[C@@H](C)[C@H]1CC[C@H](C)[C@@]12CC=C(C)[C@@H](O)C2. The number of allylic oxidation sites excluding steroid dienone is 1. The molecule has 0 bridgehead atoms. The zero-order valence-electron chi connectivity index (χ0n) is 16.9. The van der Waals surface area contributed by atoms with E-state index >= 15 is 0 Å². The van der Waals surface area contributed by atoms with Crippen LogP contribution in [-0.4, -0.2) is 23.8 Å². The van der Waals surface area contributed by atoms with Gasteiger partial charge in [0.15, 0.2) is 0 Å². The van der Waals surface area contributed by atoms with Crippen molar-refractivity contribution in [2.24, 2.45) is 29.1 Å². The average molecular weight is 351 g/mol. The van der Waals surface area contributed by atoms with Gasteiger partial charge in [0.25, 0.3) is 0 Å². The summed E-state index contributed by atoms with van der Waals surface area (Å²) in [6.07, 6.45) is 10.3. The largest absolute Gasteiger partial charge is 0.466 e. The Morgan fingerprint density at radius 2 is 2.08 bits per heavy atom. The van der Waals surface area contributed by atoms with Crippen LogP contribution in [0.3, 0.4) is 0 Å². The zero-order valence-corrected chi connectivity index (χ0v) is 16.9. The Labute approximate surface area is 154 Å². The number of carbonyl (C=O) groups is 1. The number of rotatable bonds is 7. The summed E-state index contributed by atoms with van der Waals surface area (Å²) in [5.41, 5.74) is 1.47. The van der Waals surface area contributed by atoms with Crippen LogP contribution in [0.1, 0.15) is 79.6 Å². The fourth-order valence-electron chi connectivity index (χ4n) is 5.35. The van der Waals surface area contributed by atoms with E-state index in [-0.39, 0.29) is 12.1 Å². The molecule has 2 rings (SSSR count). The van der Waals surface area contributed by atoms with E-state index in [4.69, 9.17) is 4.74 Å². The quantitative estimate of drug-likeness (QED) is 0.512. The molecule has 0 aromatic carbocycles. The highest BCUT2D eigenvalue weighted by Crippen LogP contribution is 2.58. The summed E-state index contributed by atoms with van der Waals surface area (Å²) in [6.45, 7) is 11.1. The van der Waals surface area contributed by atoms with E-state index < -0.39 is 0 Å². The van der Waals surface area contributed by atoms with Gasteiger partial charge in [-0.25, -0.2) is 0 Å². The predicted molar refractivity (Wildman–Crippen MR) is 102 cm³/mol. The predicted octanol–water partition coefficient (Wildman–Crippen LogP) is 5.13. The minimum absolute atomic E-state index is 0.179. The van der Waals surface area contributed by atoms with E-state index in [1.165, 1.54) is 32.6 Å². The van der Waals surface area contributed by atoms with Crippen LogP contribution in [0.2, 0.25) is 0 Å². The van der Waals surface area contributed by atoms with Crippen LogP contribution in [-0.2, 0) is 9.53 Å². The number of aliphatic hydroxyl groups is 1. The molecular formula is C22H38O3. The number of hydrogen-bond donors (Lipinski definition) is 1. The van der Waals surface area contributed by atoms with E-state index in [1.54, 1.807) is 0 Å². The summed E-state index contributed by atoms with van der Waals surface area (Å²) in [5, 5.41) is 10.5. The molecule has 2 aliphatic carbocycles. The van der Waals surface area contributed by atoms with Crippen molar-refractivity contribution in [2.45, 2.75) is 85.7 Å². The van der Waals surface area contributed by atoms with Crippen molar-refractivity contribution < 1.29 is 14.6 Å². The van der Waals surface area contributed by atoms with Crippen molar-refractivity contribution >= 4 is 5.97 Å². The summed E-state index contributed by atoms with van der Waals surface area (Å²) in [4.78, 5) is 10.9. The highest BCUT2D eigenvalue weighted by Gasteiger charge is 2.50. The molecule has 1 spiro atoms. The molecule has 3 nitrogen and oxygen atoms in total. The lowest BCUT2D eigenvalue weighted by Crippen LogP contribution is -2.40. The summed E-state index contributed by atoms with van der Waals surface area (Å²) in [7, 11) is 0. The molecule has 2 aliphatic rings. The van der Waals surface area contributed by atoms with Crippen molar-refractivity contribution in [1.82, 2.24) is 0 Å². The van der Waals surface area contributed by atoms with Gasteiger partial charge in [-0.05, 0) is 73.7 Å². The maximum absolute atomic E-state index is 10.9. The number of hydrogen-bond acceptors (Lipinski definition) is 3. The first-order valence-corrected chi connectivity index (χ1v) is 10.2. The molecule has 6 atom stereocenters. The monoisotopic (exact) mass is 350 g/mol. The van der Waals surface area contributed by atoms with Crippen molar-refractivity contribution in [2.75, 3.05) is 6.61 Å². The fourth-order valence-corrected chi connectivity index (χ4v) is 5.35. The van der Waals surface area contributed by atoms with E-state index in [0.29, 0.717) is 29.8 Å². The molecule has 0 aliphatic heterocycles. The Bertz CT molecular complexity index is 484. The van der Waals surface area contributed by atoms with E-state index in [9.17, 15) is 9.90 Å². The van der Waals surface area contributed by atoms with Gasteiger partial charge >= 0.3 is 5.97 Å². The Hall–Kier alpha value is -0.830. The Morgan fingerprint density at radius 1 is 1.36 bits per heavy atom. The smallest absolute Gasteiger partial charge is 0.302 e. The summed E-state index contributed by atoms with van der Waals surface area (Å²) in [5.74, 6) is 2.40. The molecule has 0 aromatic rings. The molecule has 1 fully saturated rings. The Morgan fingerprint density at radius 3 is 2.72 bits per heavy atom. The first-order chi connectivity index (χ1) is 11.8. The van der Waals surface area contributed by atoms with Crippen LogP contribution in [0.4, 0.5) is 0 Å². The molecule has 144 valence electrons. The minimum atomic E-state index is -0.243. The maximum atomic E-state index is 10.9. The molecule has 0 saturated heterocycles. The van der Waals surface area contributed by atoms with Crippen molar-refractivity contribution in [3.63, 3.8) is 0 Å². The van der Waals surface area contributed by atoms with Crippen LogP contribution < -0.4 is 0 Å². The third kappa shape index (κ3) is 4.87. The van der Waals surface area contributed by atoms with Gasteiger partial charge in [0.2, 0.25) is 0 Å². The second-order valence-corrected chi connectivity index (χ2v) is 9.01.